The largest absolute Gasteiger partial charge is 0.315 e. The molecule has 3 aliphatic heterocycles. The van der Waals surface area contributed by atoms with Gasteiger partial charge in [0.25, 0.3) is 0 Å². The van der Waals surface area contributed by atoms with Crippen molar-refractivity contribution in [3.05, 3.63) is 0 Å². The number of hydrogen-bond acceptors (Lipinski definition) is 5. The average Bonchev–Trinajstić information content (AvgIpc) is 3.55. The van der Waals surface area contributed by atoms with Crippen molar-refractivity contribution in [1.29, 1.82) is 0 Å². The molecule has 0 aromatic heterocycles. The minimum Gasteiger partial charge on any atom is -0.315 e. The first kappa shape index (κ1) is 39.8. The second-order valence-electron chi connectivity index (χ2n) is 17.0. The van der Waals surface area contributed by atoms with Crippen LogP contribution in [0.25, 0.3) is 0 Å². The smallest absolute Gasteiger partial charge is 0.0257 e. The van der Waals surface area contributed by atoms with Gasteiger partial charge in [-0.3, -0.25) is 9.80 Å². The van der Waals surface area contributed by atoms with Crippen LogP contribution in [0.15, 0.2) is 0 Å². The molecule has 0 bridgehead atoms. The van der Waals surface area contributed by atoms with E-state index < -0.39 is 0 Å². The van der Waals surface area contributed by atoms with Crippen LogP contribution < -0.4 is 5.32 Å². The van der Waals surface area contributed by atoms with Crippen LogP contribution in [0.2, 0.25) is 0 Å². The maximum absolute atomic E-state index is 3.46. The molecule has 3 heterocycles. The predicted octanol–water partition coefficient (Wildman–Crippen LogP) is 7.42. The number of rotatable bonds is 11. The summed E-state index contributed by atoms with van der Waals surface area (Å²) in [5.41, 5.74) is 0.596. The van der Waals surface area contributed by atoms with E-state index in [2.05, 4.69) is 136 Å². The highest BCUT2D eigenvalue weighted by Crippen LogP contribution is 2.36. The average molecular weight is 594 g/mol. The van der Waals surface area contributed by atoms with E-state index >= 15 is 0 Å². The molecule has 0 aromatic rings. The molecule has 3 fully saturated rings. The molecule has 5 atom stereocenters. The van der Waals surface area contributed by atoms with Gasteiger partial charge in [-0.05, 0) is 130 Å². The van der Waals surface area contributed by atoms with Crippen LogP contribution in [0.3, 0.4) is 0 Å². The van der Waals surface area contributed by atoms with Crippen molar-refractivity contribution < 1.29 is 0 Å². The minimum absolute atomic E-state index is 0.596. The number of hydrogen-bond donors (Lipinski definition) is 1. The van der Waals surface area contributed by atoms with Crippen LogP contribution >= 0.6 is 0 Å². The van der Waals surface area contributed by atoms with Gasteiger partial charge in [0.15, 0.2) is 0 Å². The molecular weight excluding hydrogens is 514 g/mol. The standard InChI is InChI=1S/C13H28N2.C12H26N2.C12H25N/c1-10(2)7-12-8-15(11(3)4)9-13(12)14(5)6;1-9(2)6-11-7-14(10(3)4)8-12(11)13-5;1-10(2)8-12(5)6-7-13(9-12)11(3)4/h10-13H,7-9H2,1-6H3;9-13H,6-8H2,1-5H3;10-11H,6-9H2,1-5H3. The highest BCUT2D eigenvalue weighted by atomic mass is 15.3. The third-order valence-electron chi connectivity index (χ3n) is 10.2. The zero-order valence-electron chi connectivity index (χ0n) is 31.6. The Kier molecular flexibility index (Phi) is 17.7. The summed E-state index contributed by atoms with van der Waals surface area (Å²) < 4.78 is 0. The molecule has 42 heavy (non-hydrogen) atoms. The summed E-state index contributed by atoms with van der Waals surface area (Å²) in [6.07, 6.45) is 5.50. The van der Waals surface area contributed by atoms with Crippen molar-refractivity contribution in [2.45, 2.75) is 146 Å². The zero-order valence-corrected chi connectivity index (χ0v) is 31.6. The van der Waals surface area contributed by atoms with Gasteiger partial charge in [0.05, 0.1) is 0 Å². The van der Waals surface area contributed by atoms with Crippen molar-refractivity contribution in [2.75, 3.05) is 60.4 Å². The van der Waals surface area contributed by atoms with Gasteiger partial charge in [-0.2, -0.15) is 0 Å². The molecule has 3 rings (SSSR count). The van der Waals surface area contributed by atoms with E-state index in [1.807, 2.05) is 0 Å². The predicted molar refractivity (Wildman–Crippen MR) is 189 cm³/mol. The summed E-state index contributed by atoms with van der Waals surface area (Å²) in [5.74, 6) is 4.20. The Balaban J connectivity index is 0.000000316. The van der Waals surface area contributed by atoms with Crippen molar-refractivity contribution in [2.24, 2.45) is 35.0 Å². The first-order chi connectivity index (χ1) is 19.4. The van der Waals surface area contributed by atoms with Gasteiger partial charge in [0.1, 0.15) is 0 Å². The summed E-state index contributed by atoms with van der Waals surface area (Å²) in [5, 5.41) is 3.46. The van der Waals surface area contributed by atoms with E-state index in [1.165, 1.54) is 65.0 Å². The lowest BCUT2D eigenvalue weighted by atomic mass is 9.81. The molecule has 0 aromatic carbocycles. The van der Waals surface area contributed by atoms with Crippen LogP contribution in [-0.2, 0) is 0 Å². The van der Waals surface area contributed by atoms with E-state index in [0.29, 0.717) is 23.5 Å². The minimum atomic E-state index is 0.596. The number of nitrogens with zero attached hydrogens (tertiary/aromatic N) is 4. The molecule has 0 amide bonds. The van der Waals surface area contributed by atoms with Gasteiger partial charge >= 0.3 is 0 Å². The molecule has 5 unspecified atom stereocenters. The van der Waals surface area contributed by atoms with E-state index in [1.54, 1.807) is 0 Å². The molecular formula is C37H79N5. The number of nitrogens with one attached hydrogen (secondary N) is 1. The van der Waals surface area contributed by atoms with Crippen LogP contribution in [0.1, 0.15) is 116 Å². The molecule has 0 radical (unpaired) electrons. The molecule has 5 nitrogen and oxygen atoms in total. The van der Waals surface area contributed by atoms with Gasteiger partial charge in [-0.1, -0.05) is 48.5 Å². The van der Waals surface area contributed by atoms with Gasteiger partial charge in [-0.15, -0.1) is 0 Å². The fraction of sp³-hybridized carbons (Fsp3) is 1.00. The van der Waals surface area contributed by atoms with Crippen LogP contribution in [0.4, 0.5) is 0 Å². The summed E-state index contributed by atoms with van der Waals surface area (Å²) in [4.78, 5) is 10.2. The third kappa shape index (κ3) is 13.8. The van der Waals surface area contributed by atoms with E-state index in [4.69, 9.17) is 0 Å². The van der Waals surface area contributed by atoms with Crippen molar-refractivity contribution >= 4 is 0 Å². The Bertz CT molecular complexity index is 702. The second-order valence-corrected chi connectivity index (χ2v) is 17.0. The fourth-order valence-electron chi connectivity index (χ4n) is 7.88. The molecule has 0 saturated carbocycles. The Morgan fingerprint density at radius 3 is 1.55 bits per heavy atom. The van der Waals surface area contributed by atoms with E-state index in [9.17, 15) is 0 Å². The first-order valence-electron chi connectivity index (χ1n) is 17.9. The highest BCUT2D eigenvalue weighted by Gasteiger charge is 2.36. The molecule has 1 N–H and O–H groups in total. The Labute approximate surface area is 265 Å². The maximum atomic E-state index is 3.46. The second kappa shape index (κ2) is 18.7. The quantitative estimate of drug-likeness (QED) is 0.269. The highest BCUT2D eigenvalue weighted by molar-refractivity contribution is 4.91. The third-order valence-corrected chi connectivity index (χ3v) is 10.2. The summed E-state index contributed by atoms with van der Waals surface area (Å²) in [6, 6.07) is 3.59. The lowest BCUT2D eigenvalue weighted by molar-refractivity contribution is 0.211. The van der Waals surface area contributed by atoms with Crippen LogP contribution in [0, 0.1) is 35.0 Å². The lowest BCUT2D eigenvalue weighted by Crippen LogP contribution is -2.36. The van der Waals surface area contributed by atoms with Crippen molar-refractivity contribution in [1.82, 2.24) is 24.9 Å². The summed E-state index contributed by atoms with van der Waals surface area (Å²) >= 11 is 0. The zero-order chi connectivity index (χ0) is 32.4. The topological polar surface area (TPSA) is 25.0 Å². The molecule has 0 aliphatic carbocycles. The fourth-order valence-corrected chi connectivity index (χ4v) is 7.88. The molecule has 5 heteroatoms. The van der Waals surface area contributed by atoms with Crippen molar-refractivity contribution in [3.8, 4) is 0 Å². The molecule has 3 aliphatic rings. The normalized spacial score (nSPS) is 29.5. The maximum Gasteiger partial charge on any atom is 0.0257 e. The number of likely N-dealkylation sites (tertiary alicyclic amines) is 3. The summed E-state index contributed by atoms with van der Waals surface area (Å²) in [7, 11) is 6.55. The SMILES string of the molecule is CC(C)CC1(C)CCN(C(C)C)C1.CC(C)CC1CN(C(C)C)CC1N(C)C.CNC1CN(C(C)C)CC1CC(C)C. The lowest BCUT2D eigenvalue weighted by Gasteiger charge is -2.28. The molecule has 0 spiro atoms. The van der Waals surface area contributed by atoms with E-state index in [0.717, 1.165) is 41.7 Å². The Hall–Kier alpha value is -0.200. The van der Waals surface area contributed by atoms with Crippen molar-refractivity contribution in [3.63, 3.8) is 0 Å². The van der Waals surface area contributed by atoms with Crippen LogP contribution in [0.5, 0.6) is 0 Å². The van der Waals surface area contributed by atoms with Gasteiger partial charge in [-0.25, -0.2) is 0 Å². The van der Waals surface area contributed by atoms with Gasteiger partial charge in [0.2, 0.25) is 0 Å². The van der Waals surface area contributed by atoms with Gasteiger partial charge < -0.3 is 15.1 Å². The monoisotopic (exact) mass is 594 g/mol. The van der Waals surface area contributed by atoms with Gasteiger partial charge in [0, 0.05) is 62.9 Å². The number of likely N-dealkylation sites (N-methyl/N-ethyl adjacent to an activating group) is 2. The molecule has 252 valence electrons. The summed E-state index contributed by atoms with van der Waals surface area (Å²) in [6.45, 7) is 37.9. The molecule has 3 saturated heterocycles. The van der Waals surface area contributed by atoms with Crippen LogP contribution in [-0.4, -0.2) is 110 Å². The van der Waals surface area contributed by atoms with E-state index in [-0.39, 0.29) is 0 Å². The Morgan fingerprint density at radius 2 is 1.14 bits per heavy atom. The first-order valence-corrected chi connectivity index (χ1v) is 17.9. The Morgan fingerprint density at radius 1 is 0.667 bits per heavy atom.